The summed E-state index contributed by atoms with van der Waals surface area (Å²) >= 11 is 13.0. The van der Waals surface area contributed by atoms with Gasteiger partial charge in [0.05, 0.1) is 52.3 Å². The van der Waals surface area contributed by atoms with E-state index in [0.717, 1.165) is 71.6 Å². The van der Waals surface area contributed by atoms with Crippen LogP contribution in [0.5, 0.6) is 5.75 Å². The lowest BCUT2D eigenvalue weighted by Gasteiger charge is -2.33. The molecular formula is C33H35ClN6O3S. The number of nitro groups is 1. The predicted octanol–water partition coefficient (Wildman–Crippen LogP) is 7.47. The van der Waals surface area contributed by atoms with E-state index in [4.69, 9.17) is 33.5 Å². The van der Waals surface area contributed by atoms with E-state index in [1.54, 1.807) is 12.3 Å². The SMILES string of the molecule is COc1cc([N+](=O)[O-])ccc1-n1c(C)cc(C2C(c3ccccn3)NC(=S)N2c2ccc(N3CCC(C)CC3)c(Cl)c2)c1C. The van der Waals surface area contributed by atoms with Crippen molar-refractivity contribution >= 4 is 46.0 Å². The number of methoxy groups -OCH3 is 1. The first kappa shape index (κ1) is 29.9. The van der Waals surface area contributed by atoms with E-state index in [9.17, 15) is 10.1 Å². The summed E-state index contributed by atoms with van der Waals surface area (Å²) in [4.78, 5) is 20.2. The molecule has 0 saturated carbocycles. The van der Waals surface area contributed by atoms with E-state index < -0.39 is 4.92 Å². The number of ether oxygens (including phenoxy) is 1. The van der Waals surface area contributed by atoms with Gasteiger partial charge in [0, 0.05) is 42.4 Å². The quantitative estimate of drug-likeness (QED) is 0.128. The average molecular weight is 631 g/mol. The highest BCUT2D eigenvalue weighted by Gasteiger charge is 2.42. The van der Waals surface area contributed by atoms with Gasteiger partial charge >= 0.3 is 0 Å². The highest BCUT2D eigenvalue weighted by Crippen LogP contribution is 2.45. The normalized spacial score (nSPS) is 18.9. The number of non-ortho nitro benzene ring substituents is 1. The zero-order valence-corrected chi connectivity index (χ0v) is 26.7. The molecule has 0 radical (unpaired) electrons. The molecule has 0 spiro atoms. The second kappa shape index (κ2) is 12.1. The number of nitrogens with one attached hydrogen (secondary N) is 1. The summed E-state index contributed by atoms with van der Waals surface area (Å²) < 4.78 is 7.69. The maximum Gasteiger partial charge on any atom is 0.273 e. The number of halogens is 1. The summed E-state index contributed by atoms with van der Waals surface area (Å²) in [5.74, 6) is 1.15. The van der Waals surface area contributed by atoms with Crippen LogP contribution in [0.4, 0.5) is 17.1 Å². The summed E-state index contributed by atoms with van der Waals surface area (Å²) in [5, 5.41) is 16.3. The van der Waals surface area contributed by atoms with E-state index in [0.29, 0.717) is 15.9 Å². The molecule has 1 N–H and O–H groups in total. The number of anilines is 2. The minimum Gasteiger partial charge on any atom is -0.494 e. The predicted molar refractivity (Wildman–Crippen MR) is 178 cm³/mol. The molecule has 2 aromatic carbocycles. The van der Waals surface area contributed by atoms with Crippen molar-refractivity contribution in [2.75, 3.05) is 30.0 Å². The third kappa shape index (κ3) is 5.37. The van der Waals surface area contributed by atoms with Crippen molar-refractivity contribution in [3.8, 4) is 11.4 Å². The number of hydrogen-bond acceptors (Lipinski definition) is 6. The van der Waals surface area contributed by atoms with Gasteiger partial charge in [-0.05, 0) is 92.9 Å². The number of rotatable bonds is 7. The topological polar surface area (TPSA) is 88.7 Å². The van der Waals surface area contributed by atoms with E-state index in [2.05, 4.69) is 44.8 Å². The molecule has 228 valence electrons. The van der Waals surface area contributed by atoms with Crippen molar-refractivity contribution in [1.29, 1.82) is 0 Å². The highest BCUT2D eigenvalue weighted by molar-refractivity contribution is 7.80. The summed E-state index contributed by atoms with van der Waals surface area (Å²) in [7, 11) is 1.52. The zero-order chi connectivity index (χ0) is 31.1. The second-order valence-electron chi connectivity index (χ2n) is 11.6. The van der Waals surface area contributed by atoms with Gasteiger partial charge < -0.3 is 24.4 Å². The van der Waals surface area contributed by atoms with Gasteiger partial charge in [-0.15, -0.1) is 0 Å². The standard InChI is InChI=1S/C33H35ClN6O3S/c1-20-12-15-37(16-13-20)28-10-8-23(18-26(28)34)39-32(31(36-33(39)44)27-7-5-6-14-35-27)25-17-21(2)38(22(25)3)29-11-9-24(40(41)42)19-30(29)43-4/h5-11,14,17-20,31-32H,12-13,15-16H2,1-4H3,(H,36,44). The molecule has 2 aliphatic heterocycles. The Labute approximate surface area is 267 Å². The van der Waals surface area contributed by atoms with Crippen molar-refractivity contribution in [3.05, 3.63) is 105 Å². The fourth-order valence-electron chi connectivity index (χ4n) is 6.52. The summed E-state index contributed by atoms with van der Waals surface area (Å²) in [6.45, 7) is 8.35. The average Bonchev–Trinajstić information content (AvgIpc) is 3.52. The molecule has 9 nitrogen and oxygen atoms in total. The molecule has 2 fully saturated rings. The first-order valence-electron chi connectivity index (χ1n) is 14.7. The van der Waals surface area contributed by atoms with Crippen molar-refractivity contribution < 1.29 is 9.66 Å². The molecule has 2 saturated heterocycles. The molecule has 2 unspecified atom stereocenters. The number of hydrogen-bond donors (Lipinski definition) is 1. The van der Waals surface area contributed by atoms with E-state index in [1.807, 2.05) is 38.1 Å². The van der Waals surface area contributed by atoms with E-state index in [-0.39, 0.29) is 17.8 Å². The second-order valence-corrected chi connectivity index (χ2v) is 12.4. The molecule has 44 heavy (non-hydrogen) atoms. The molecule has 2 aliphatic rings. The Balaban J connectivity index is 1.45. The van der Waals surface area contributed by atoms with Gasteiger partial charge in [-0.3, -0.25) is 15.1 Å². The Bertz CT molecular complexity index is 1720. The van der Waals surface area contributed by atoms with Crippen molar-refractivity contribution in [2.45, 2.75) is 45.7 Å². The fourth-order valence-corrected chi connectivity index (χ4v) is 7.16. The van der Waals surface area contributed by atoms with E-state index in [1.165, 1.54) is 19.2 Å². The molecule has 0 aliphatic carbocycles. The van der Waals surface area contributed by atoms with Crippen LogP contribution in [0.15, 0.2) is 66.9 Å². The molecule has 2 aromatic heterocycles. The lowest BCUT2D eigenvalue weighted by atomic mass is 9.96. The van der Waals surface area contributed by atoms with Crippen LogP contribution < -0.4 is 19.9 Å². The molecule has 6 rings (SSSR count). The maximum atomic E-state index is 11.4. The zero-order valence-electron chi connectivity index (χ0n) is 25.2. The number of aromatic nitrogens is 2. The van der Waals surface area contributed by atoms with Crippen LogP contribution in [0.1, 0.15) is 54.5 Å². The Morgan fingerprint density at radius 2 is 1.82 bits per heavy atom. The van der Waals surface area contributed by atoms with Crippen LogP contribution in [-0.2, 0) is 0 Å². The fraction of sp³-hybridized carbons (Fsp3) is 0.333. The third-order valence-electron chi connectivity index (χ3n) is 8.84. The van der Waals surface area contributed by atoms with Crippen molar-refractivity contribution in [1.82, 2.24) is 14.9 Å². The number of piperidine rings is 1. The van der Waals surface area contributed by atoms with Gasteiger partial charge in [-0.1, -0.05) is 24.6 Å². The van der Waals surface area contributed by atoms with Crippen LogP contribution in [0.2, 0.25) is 5.02 Å². The van der Waals surface area contributed by atoms with Crippen LogP contribution in [0, 0.1) is 29.9 Å². The van der Waals surface area contributed by atoms with E-state index >= 15 is 0 Å². The van der Waals surface area contributed by atoms with Gasteiger partial charge in [-0.2, -0.15) is 0 Å². The molecule has 0 bridgehead atoms. The summed E-state index contributed by atoms with van der Waals surface area (Å²) in [5.41, 5.74) is 6.44. The van der Waals surface area contributed by atoms with Crippen LogP contribution in [0.25, 0.3) is 5.69 Å². The number of thiocarbonyl (C=S) groups is 1. The van der Waals surface area contributed by atoms with Gasteiger partial charge in [0.1, 0.15) is 5.75 Å². The number of nitro benzene ring substituents is 1. The molecular weight excluding hydrogens is 596 g/mol. The van der Waals surface area contributed by atoms with Crippen LogP contribution >= 0.6 is 23.8 Å². The summed E-state index contributed by atoms with van der Waals surface area (Å²) in [6, 6.07) is 18.4. The minimum atomic E-state index is -0.421. The van der Waals surface area contributed by atoms with Crippen LogP contribution in [0.3, 0.4) is 0 Å². The Morgan fingerprint density at radius 1 is 1.07 bits per heavy atom. The lowest BCUT2D eigenvalue weighted by molar-refractivity contribution is -0.384. The molecule has 2 atom stereocenters. The van der Waals surface area contributed by atoms with Crippen molar-refractivity contribution in [2.24, 2.45) is 5.92 Å². The van der Waals surface area contributed by atoms with Crippen LogP contribution in [-0.4, -0.2) is 39.8 Å². The molecule has 4 heterocycles. The Morgan fingerprint density at radius 3 is 2.48 bits per heavy atom. The monoisotopic (exact) mass is 630 g/mol. The number of pyridine rings is 1. The minimum absolute atomic E-state index is 0.0283. The van der Waals surface area contributed by atoms with Crippen molar-refractivity contribution in [3.63, 3.8) is 0 Å². The highest BCUT2D eigenvalue weighted by atomic mass is 35.5. The largest absolute Gasteiger partial charge is 0.494 e. The maximum absolute atomic E-state index is 11.4. The first-order valence-corrected chi connectivity index (χ1v) is 15.5. The Kier molecular flexibility index (Phi) is 8.22. The molecule has 0 amide bonds. The van der Waals surface area contributed by atoms with Gasteiger partial charge in [0.25, 0.3) is 5.69 Å². The molecule has 11 heteroatoms. The van der Waals surface area contributed by atoms with Gasteiger partial charge in [0.15, 0.2) is 5.11 Å². The first-order chi connectivity index (χ1) is 21.2. The number of nitrogens with zero attached hydrogens (tertiary/aromatic N) is 5. The summed E-state index contributed by atoms with van der Waals surface area (Å²) in [6.07, 6.45) is 4.10. The molecule has 4 aromatic rings. The number of benzene rings is 2. The van der Waals surface area contributed by atoms with Gasteiger partial charge in [0.2, 0.25) is 0 Å². The van der Waals surface area contributed by atoms with Gasteiger partial charge in [-0.25, -0.2) is 0 Å². The third-order valence-corrected chi connectivity index (χ3v) is 9.45. The Hall–Kier alpha value is -4.15. The smallest absolute Gasteiger partial charge is 0.273 e. The number of aryl methyl sites for hydroxylation is 1. The lowest BCUT2D eigenvalue weighted by Crippen LogP contribution is -2.33.